The predicted octanol–water partition coefficient (Wildman–Crippen LogP) is 1.68. The number of benzene rings is 1. The second-order valence-electron chi connectivity index (χ2n) is 7.48. The molecular weight excluding hydrogens is 330 g/mol. The van der Waals surface area contributed by atoms with Gasteiger partial charge in [-0.15, -0.1) is 0 Å². The Bertz CT molecular complexity index is 593. The van der Waals surface area contributed by atoms with Gasteiger partial charge in [-0.2, -0.15) is 0 Å². The summed E-state index contributed by atoms with van der Waals surface area (Å²) in [6.07, 6.45) is 0.626. The minimum absolute atomic E-state index is 0.00971. The number of nitrogens with zero attached hydrogens (tertiary/aromatic N) is 2. The standard InChI is InChI=1S/C20H31N3O3/c1-15(2)13-18(20(25)23-11-9-22(4)10-12-23)21-19(24)14-26-17-7-5-16(3)6-8-17/h5-8,15,18H,9-14H2,1-4H3,(H,21,24)/t18-/m0/s1. The van der Waals surface area contributed by atoms with Crippen LogP contribution < -0.4 is 10.1 Å². The van der Waals surface area contributed by atoms with Crippen LogP contribution in [0.25, 0.3) is 0 Å². The van der Waals surface area contributed by atoms with E-state index in [9.17, 15) is 9.59 Å². The van der Waals surface area contributed by atoms with Crippen molar-refractivity contribution in [3.63, 3.8) is 0 Å². The molecule has 2 rings (SSSR count). The molecule has 0 radical (unpaired) electrons. The van der Waals surface area contributed by atoms with Crippen LogP contribution in [0.3, 0.4) is 0 Å². The predicted molar refractivity (Wildman–Crippen MR) is 102 cm³/mol. The number of likely N-dealkylation sites (N-methyl/N-ethyl adjacent to an activating group) is 1. The summed E-state index contributed by atoms with van der Waals surface area (Å²) >= 11 is 0. The summed E-state index contributed by atoms with van der Waals surface area (Å²) in [5.41, 5.74) is 1.14. The SMILES string of the molecule is Cc1ccc(OCC(=O)N[C@@H](CC(C)C)C(=O)N2CCN(C)CC2)cc1. The highest BCUT2D eigenvalue weighted by Crippen LogP contribution is 2.12. The molecule has 144 valence electrons. The van der Waals surface area contributed by atoms with Crippen molar-refractivity contribution in [2.24, 2.45) is 5.92 Å². The second-order valence-corrected chi connectivity index (χ2v) is 7.48. The molecule has 6 nitrogen and oxygen atoms in total. The van der Waals surface area contributed by atoms with E-state index in [0.29, 0.717) is 31.2 Å². The number of carbonyl (C=O) groups excluding carboxylic acids is 2. The van der Waals surface area contributed by atoms with Crippen molar-refractivity contribution in [1.82, 2.24) is 15.1 Å². The number of amides is 2. The van der Waals surface area contributed by atoms with Gasteiger partial charge in [0.05, 0.1) is 0 Å². The zero-order valence-corrected chi connectivity index (χ0v) is 16.3. The molecule has 1 fully saturated rings. The Kier molecular flexibility index (Phi) is 7.45. The maximum absolute atomic E-state index is 12.8. The van der Waals surface area contributed by atoms with E-state index in [4.69, 9.17) is 4.74 Å². The second kappa shape index (κ2) is 9.57. The van der Waals surface area contributed by atoms with E-state index in [1.54, 1.807) is 0 Å². The van der Waals surface area contributed by atoms with Crippen LogP contribution in [0.15, 0.2) is 24.3 Å². The third-order valence-electron chi connectivity index (χ3n) is 4.55. The quantitative estimate of drug-likeness (QED) is 0.803. The average Bonchev–Trinajstić information content (AvgIpc) is 2.60. The third-order valence-corrected chi connectivity index (χ3v) is 4.55. The number of aryl methyl sites for hydroxylation is 1. The molecule has 1 heterocycles. The number of carbonyl (C=O) groups is 2. The van der Waals surface area contributed by atoms with Gasteiger partial charge in [0, 0.05) is 26.2 Å². The van der Waals surface area contributed by atoms with Gasteiger partial charge in [0.15, 0.2) is 6.61 Å². The Balaban J connectivity index is 1.90. The largest absolute Gasteiger partial charge is 0.484 e. The van der Waals surface area contributed by atoms with Crippen LogP contribution in [0.2, 0.25) is 0 Å². The molecule has 6 heteroatoms. The van der Waals surface area contributed by atoms with E-state index in [1.807, 2.05) is 36.1 Å². The topological polar surface area (TPSA) is 61.9 Å². The lowest BCUT2D eigenvalue weighted by atomic mass is 10.0. The van der Waals surface area contributed by atoms with Crippen LogP contribution >= 0.6 is 0 Å². The Morgan fingerprint density at radius 2 is 1.73 bits per heavy atom. The average molecular weight is 361 g/mol. The van der Waals surface area contributed by atoms with Gasteiger partial charge >= 0.3 is 0 Å². The van der Waals surface area contributed by atoms with Crippen molar-refractivity contribution in [3.05, 3.63) is 29.8 Å². The van der Waals surface area contributed by atoms with E-state index in [0.717, 1.165) is 18.7 Å². The molecule has 0 aliphatic carbocycles. The normalized spacial score (nSPS) is 16.4. The van der Waals surface area contributed by atoms with Crippen molar-refractivity contribution >= 4 is 11.8 Å². The first kappa shape index (κ1) is 20.2. The van der Waals surface area contributed by atoms with Crippen LogP contribution in [0.5, 0.6) is 5.75 Å². The Morgan fingerprint density at radius 3 is 2.31 bits per heavy atom. The van der Waals surface area contributed by atoms with Gasteiger partial charge in [-0.05, 0) is 38.4 Å². The van der Waals surface area contributed by atoms with Gasteiger partial charge < -0.3 is 19.9 Å². The van der Waals surface area contributed by atoms with Crippen LogP contribution in [0, 0.1) is 12.8 Å². The molecule has 1 aliphatic heterocycles. The van der Waals surface area contributed by atoms with E-state index in [2.05, 4.69) is 31.1 Å². The lowest BCUT2D eigenvalue weighted by molar-refractivity contribution is -0.138. The zero-order chi connectivity index (χ0) is 19.1. The van der Waals surface area contributed by atoms with Crippen molar-refractivity contribution < 1.29 is 14.3 Å². The smallest absolute Gasteiger partial charge is 0.258 e. The van der Waals surface area contributed by atoms with Crippen molar-refractivity contribution in [2.45, 2.75) is 33.2 Å². The molecule has 0 saturated carbocycles. The fourth-order valence-corrected chi connectivity index (χ4v) is 2.96. The van der Waals surface area contributed by atoms with Gasteiger partial charge in [0.25, 0.3) is 5.91 Å². The fraction of sp³-hybridized carbons (Fsp3) is 0.600. The van der Waals surface area contributed by atoms with Crippen LogP contribution in [0.1, 0.15) is 25.8 Å². The molecule has 2 amide bonds. The first-order chi connectivity index (χ1) is 12.3. The van der Waals surface area contributed by atoms with Crippen molar-refractivity contribution in [3.8, 4) is 5.75 Å². The maximum Gasteiger partial charge on any atom is 0.258 e. The summed E-state index contributed by atoms with van der Waals surface area (Å²) < 4.78 is 5.52. The van der Waals surface area contributed by atoms with Gasteiger partial charge in [-0.3, -0.25) is 9.59 Å². The number of rotatable bonds is 7. The summed E-state index contributed by atoms with van der Waals surface area (Å²) in [4.78, 5) is 29.2. The molecule has 1 saturated heterocycles. The Morgan fingerprint density at radius 1 is 1.12 bits per heavy atom. The summed E-state index contributed by atoms with van der Waals surface area (Å²) in [6, 6.07) is 7.05. The first-order valence-electron chi connectivity index (χ1n) is 9.31. The summed E-state index contributed by atoms with van der Waals surface area (Å²) in [5.74, 6) is 0.709. The molecule has 0 aromatic heterocycles. The summed E-state index contributed by atoms with van der Waals surface area (Å²) in [5, 5.41) is 2.87. The molecule has 0 unspecified atom stereocenters. The van der Waals surface area contributed by atoms with Crippen molar-refractivity contribution in [2.75, 3.05) is 39.8 Å². The van der Waals surface area contributed by atoms with Crippen LogP contribution in [0.4, 0.5) is 0 Å². The number of nitrogens with one attached hydrogen (secondary N) is 1. The lowest BCUT2D eigenvalue weighted by Crippen LogP contribution is -2.55. The summed E-state index contributed by atoms with van der Waals surface area (Å²) in [7, 11) is 2.05. The van der Waals surface area contributed by atoms with Crippen molar-refractivity contribution in [1.29, 1.82) is 0 Å². The molecule has 1 aliphatic rings. The molecule has 1 aromatic rings. The number of hydrogen-bond acceptors (Lipinski definition) is 4. The lowest BCUT2D eigenvalue weighted by Gasteiger charge is -2.35. The minimum Gasteiger partial charge on any atom is -0.484 e. The molecule has 0 spiro atoms. The van der Waals surface area contributed by atoms with Gasteiger partial charge in [-0.25, -0.2) is 0 Å². The van der Waals surface area contributed by atoms with Gasteiger partial charge in [0.2, 0.25) is 5.91 Å². The summed E-state index contributed by atoms with van der Waals surface area (Å²) in [6.45, 7) is 9.16. The number of piperazine rings is 1. The highest BCUT2D eigenvalue weighted by atomic mass is 16.5. The molecule has 26 heavy (non-hydrogen) atoms. The highest BCUT2D eigenvalue weighted by molar-refractivity contribution is 5.88. The Labute approximate surface area is 156 Å². The molecule has 1 aromatic carbocycles. The first-order valence-corrected chi connectivity index (χ1v) is 9.31. The Hall–Kier alpha value is -2.08. The molecule has 1 N–H and O–H groups in total. The highest BCUT2D eigenvalue weighted by Gasteiger charge is 2.28. The maximum atomic E-state index is 12.8. The van der Waals surface area contributed by atoms with Gasteiger partial charge in [-0.1, -0.05) is 31.5 Å². The van der Waals surface area contributed by atoms with Crippen LogP contribution in [-0.2, 0) is 9.59 Å². The van der Waals surface area contributed by atoms with Gasteiger partial charge in [0.1, 0.15) is 11.8 Å². The van der Waals surface area contributed by atoms with E-state index >= 15 is 0 Å². The molecule has 1 atom stereocenters. The van der Waals surface area contributed by atoms with E-state index < -0.39 is 6.04 Å². The monoisotopic (exact) mass is 361 g/mol. The van der Waals surface area contributed by atoms with Crippen LogP contribution in [-0.4, -0.2) is 67.5 Å². The third kappa shape index (κ3) is 6.33. The zero-order valence-electron chi connectivity index (χ0n) is 16.3. The fourth-order valence-electron chi connectivity index (χ4n) is 2.96. The number of ether oxygens (including phenoxy) is 1. The van der Waals surface area contributed by atoms with E-state index in [1.165, 1.54) is 0 Å². The number of hydrogen-bond donors (Lipinski definition) is 1. The van der Waals surface area contributed by atoms with E-state index in [-0.39, 0.29) is 18.4 Å². The molecule has 0 bridgehead atoms. The minimum atomic E-state index is -0.493. The molecular formula is C20H31N3O3.